The fraction of sp³-hybridized carbons (Fsp3) is 0.667. The zero-order chi connectivity index (χ0) is 19.6. The first kappa shape index (κ1) is 19.3. The second-order valence-corrected chi connectivity index (χ2v) is 8.86. The molecule has 1 N–H and O–H groups in total. The molecule has 0 bridgehead atoms. The lowest BCUT2D eigenvalue weighted by Crippen LogP contribution is -2.44. The predicted molar refractivity (Wildman–Crippen MR) is 115 cm³/mol. The van der Waals surface area contributed by atoms with E-state index < -0.39 is 0 Å². The quantitative estimate of drug-likeness (QED) is 0.752. The molecule has 0 unspecified atom stereocenters. The Kier molecular flexibility index (Phi) is 5.76. The van der Waals surface area contributed by atoms with E-state index in [1.54, 1.807) is 0 Å². The van der Waals surface area contributed by atoms with Gasteiger partial charge in [-0.3, -0.25) is 0 Å². The van der Waals surface area contributed by atoms with E-state index in [2.05, 4.69) is 25.1 Å². The highest BCUT2D eigenvalue weighted by Gasteiger charge is 2.25. The van der Waals surface area contributed by atoms with Crippen molar-refractivity contribution in [1.29, 1.82) is 0 Å². The van der Waals surface area contributed by atoms with Gasteiger partial charge >= 0.3 is 0 Å². The molecule has 0 aromatic carbocycles. The minimum absolute atomic E-state index is 0.0488. The summed E-state index contributed by atoms with van der Waals surface area (Å²) in [5.74, 6) is 3.96. The van der Waals surface area contributed by atoms with Gasteiger partial charge in [0.25, 0.3) is 5.88 Å². The van der Waals surface area contributed by atoms with Gasteiger partial charge in [0.2, 0.25) is 5.95 Å². The Morgan fingerprint density at radius 1 is 1.03 bits per heavy atom. The molecule has 5 heterocycles. The van der Waals surface area contributed by atoms with Gasteiger partial charge in [0.1, 0.15) is 6.10 Å². The fourth-order valence-electron chi connectivity index (χ4n) is 3.73. The van der Waals surface area contributed by atoms with Crippen molar-refractivity contribution in [3.05, 3.63) is 5.15 Å². The Morgan fingerprint density at radius 3 is 2.62 bits per heavy atom. The van der Waals surface area contributed by atoms with Crippen LogP contribution in [0.3, 0.4) is 0 Å². The zero-order valence-electron chi connectivity index (χ0n) is 16.1. The van der Waals surface area contributed by atoms with Gasteiger partial charge in [0, 0.05) is 57.2 Å². The van der Waals surface area contributed by atoms with Crippen LogP contribution in [-0.4, -0.2) is 90.0 Å². The number of piperazine rings is 1. The number of hydrogen-bond donors (Lipinski definition) is 1. The van der Waals surface area contributed by atoms with E-state index in [1.165, 1.54) is 0 Å². The summed E-state index contributed by atoms with van der Waals surface area (Å²) in [5, 5.41) is 3.61. The smallest absolute Gasteiger partial charge is 0.254 e. The topological polar surface area (TPSA) is 88.5 Å². The SMILES string of the molecule is Clc1nc2c(N3CCSCC3)nc(N3CCNCC3)nc2nc1O[C@@H]1CCOC1. The number of nitrogens with zero attached hydrogens (tertiary/aromatic N) is 6. The molecule has 0 amide bonds. The molecule has 3 aliphatic heterocycles. The lowest BCUT2D eigenvalue weighted by molar-refractivity contribution is 0.138. The first-order chi connectivity index (χ1) is 14.3. The maximum Gasteiger partial charge on any atom is 0.254 e. The highest BCUT2D eigenvalue weighted by Crippen LogP contribution is 2.31. The number of nitrogens with one attached hydrogen (secondary N) is 1. The first-order valence-corrected chi connectivity index (χ1v) is 11.6. The number of ether oxygens (including phenoxy) is 2. The molecule has 1 atom stereocenters. The van der Waals surface area contributed by atoms with E-state index in [0.717, 1.165) is 63.0 Å². The van der Waals surface area contributed by atoms with E-state index in [-0.39, 0.29) is 11.3 Å². The monoisotopic (exact) mass is 437 g/mol. The van der Waals surface area contributed by atoms with Crippen molar-refractivity contribution in [3.8, 4) is 5.88 Å². The number of anilines is 2. The van der Waals surface area contributed by atoms with Gasteiger partial charge in [-0.1, -0.05) is 11.6 Å². The maximum absolute atomic E-state index is 6.44. The molecule has 11 heteroatoms. The number of thioether (sulfide) groups is 1. The number of aromatic nitrogens is 4. The average molecular weight is 438 g/mol. The summed E-state index contributed by atoms with van der Waals surface area (Å²) in [6.07, 6.45) is 0.773. The summed E-state index contributed by atoms with van der Waals surface area (Å²) in [6.45, 7) is 6.65. The second kappa shape index (κ2) is 8.63. The number of fused-ring (bicyclic) bond motifs is 1. The highest BCUT2D eigenvalue weighted by atomic mass is 35.5. The van der Waals surface area contributed by atoms with Crippen LogP contribution in [0.2, 0.25) is 5.15 Å². The fourth-order valence-corrected chi connectivity index (χ4v) is 4.80. The van der Waals surface area contributed by atoms with Crippen LogP contribution in [0.25, 0.3) is 11.2 Å². The average Bonchev–Trinajstić information content (AvgIpc) is 3.28. The van der Waals surface area contributed by atoms with E-state index in [4.69, 9.17) is 31.0 Å². The molecule has 0 radical (unpaired) electrons. The highest BCUT2D eigenvalue weighted by molar-refractivity contribution is 7.99. The van der Waals surface area contributed by atoms with Crippen LogP contribution in [0.5, 0.6) is 5.88 Å². The summed E-state index contributed by atoms with van der Waals surface area (Å²) < 4.78 is 11.3. The van der Waals surface area contributed by atoms with Crippen molar-refractivity contribution in [2.24, 2.45) is 0 Å². The molecule has 2 aromatic rings. The van der Waals surface area contributed by atoms with E-state index in [1.807, 2.05) is 11.8 Å². The van der Waals surface area contributed by atoms with Crippen molar-refractivity contribution in [1.82, 2.24) is 25.3 Å². The molecule has 156 valence electrons. The number of hydrogen-bond acceptors (Lipinski definition) is 10. The summed E-state index contributed by atoms with van der Waals surface area (Å²) in [5.41, 5.74) is 1.16. The summed E-state index contributed by atoms with van der Waals surface area (Å²) in [6, 6.07) is 0. The Labute approximate surface area is 178 Å². The molecule has 3 fully saturated rings. The Morgan fingerprint density at radius 2 is 1.86 bits per heavy atom. The van der Waals surface area contributed by atoms with Gasteiger partial charge < -0.3 is 24.6 Å². The zero-order valence-corrected chi connectivity index (χ0v) is 17.7. The maximum atomic E-state index is 6.44. The lowest BCUT2D eigenvalue weighted by atomic mass is 10.3. The molecule has 2 aromatic heterocycles. The molecule has 0 saturated carbocycles. The second-order valence-electron chi connectivity index (χ2n) is 7.28. The Balaban J connectivity index is 1.56. The Hall–Kier alpha value is -1.62. The van der Waals surface area contributed by atoms with Gasteiger partial charge in [0.15, 0.2) is 22.1 Å². The predicted octanol–water partition coefficient (Wildman–Crippen LogP) is 1.20. The van der Waals surface area contributed by atoms with Crippen molar-refractivity contribution in [2.75, 3.05) is 73.8 Å². The minimum atomic E-state index is -0.0488. The van der Waals surface area contributed by atoms with Crippen molar-refractivity contribution in [3.63, 3.8) is 0 Å². The van der Waals surface area contributed by atoms with Gasteiger partial charge in [-0.2, -0.15) is 26.7 Å². The van der Waals surface area contributed by atoms with E-state index in [0.29, 0.717) is 36.2 Å². The largest absolute Gasteiger partial charge is 0.470 e. The van der Waals surface area contributed by atoms with Crippen molar-refractivity contribution >= 4 is 46.3 Å². The molecule has 0 spiro atoms. The third kappa shape index (κ3) is 4.16. The molecule has 9 nitrogen and oxygen atoms in total. The molecule has 3 saturated heterocycles. The van der Waals surface area contributed by atoms with Crippen LogP contribution >= 0.6 is 23.4 Å². The van der Waals surface area contributed by atoms with Crippen LogP contribution in [-0.2, 0) is 4.74 Å². The summed E-state index contributed by atoms with van der Waals surface area (Å²) in [4.78, 5) is 23.4. The van der Waals surface area contributed by atoms with Crippen LogP contribution in [0.4, 0.5) is 11.8 Å². The van der Waals surface area contributed by atoms with Crippen LogP contribution in [0.1, 0.15) is 6.42 Å². The third-order valence-corrected chi connectivity index (χ3v) is 6.49. The third-order valence-electron chi connectivity index (χ3n) is 5.31. The van der Waals surface area contributed by atoms with Crippen molar-refractivity contribution < 1.29 is 9.47 Å². The van der Waals surface area contributed by atoms with E-state index in [9.17, 15) is 0 Å². The van der Waals surface area contributed by atoms with Gasteiger partial charge in [-0.25, -0.2) is 4.98 Å². The summed E-state index contributed by atoms with van der Waals surface area (Å²) in [7, 11) is 0. The molecule has 5 rings (SSSR count). The van der Waals surface area contributed by atoms with Gasteiger partial charge in [-0.05, 0) is 0 Å². The molecular weight excluding hydrogens is 414 g/mol. The van der Waals surface area contributed by atoms with Crippen molar-refractivity contribution in [2.45, 2.75) is 12.5 Å². The van der Waals surface area contributed by atoms with Gasteiger partial charge in [0.05, 0.1) is 13.2 Å². The van der Waals surface area contributed by atoms with Crippen LogP contribution < -0.4 is 19.9 Å². The van der Waals surface area contributed by atoms with Crippen LogP contribution in [0, 0.1) is 0 Å². The summed E-state index contributed by atoms with van der Waals surface area (Å²) >= 11 is 8.40. The lowest BCUT2D eigenvalue weighted by Gasteiger charge is -2.31. The van der Waals surface area contributed by atoms with Crippen LogP contribution in [0.15, 0.2) is 0 Å². The number of halogens is 1. The molecule has 29 heavy (non-hydrogen) atoms. The normalized spacial score (nSPS) is 23.0. The standard InChI is InChI=1S/C18H24ClN7O2S/c19-14-17(28-12-1-8-27-11-12)22-15-13(21-14)16(25-6-9-29-10-7-25)24-18(23-15)26-4-2-20-3-5-26/h12,20H,1-11H2/t12-/m1/s1. The first-order valence-electron chi connectivity index (χ1n) is 10.1. The minimum Gasteiger partial charge on any atom is -0.470 e. The van der Waals surface area contributed by atoms with Gasteiger partial charge in [-0.15, -0.1) is 0 Å². The molecule has 3 aliphatic rings. The number of rotatable bonds is 4. The Bertz CT molecular complexity index is 871. The van der Waals surface area contributed by atoms with E-state index >= 15 is 0 Å². The molecular formula is C18H24ClN7O2S. The molecule has 0 aliphatic carbocycles.